The van der Waals surface area contributed by atoms with Gasteiger partial charge in [-0.1, -0.05) is 13.8 Å². The summed E-state index contributed by atoms with van der Waals surface area (Å²) in [6.45, 7) is 7.88. The predicted molar refractivity (Wildman–Crippen MR) is 120 cm³/mol. The molecule has 2 aromatic rings. The number of piperidine rings is 1. The van der Waals surface area contributed by atoms with Gasteiger partial charge in [0.1, 0.15) is 23.0 Å². The van der Waals surface area contributed by atoms with Crippen molar-refractivity contribution in [1.29, 1.82) is 5.26 Å². The summed E-state index contributed by atoms with van der Waals surface area (Å²) in [5.74, 6) is 0.0952. The normalized spacial score (nSPS) is 15.3. The summed E-state index contributed by atoms with van der Waals surface area (Å²) in [5, 5.41) is 32.2. The van der Waals surface area contributed by atoms with Gasteiger partial charge in [0.05, 0.1) is 17.4 Å². The van der Waals surface area contributed by atoms with E-state index in [4.69, 9.17) is 10.4 Å². The number of aliphatic hydroxyl groups excluding tert-OH is 2. The van der Waals surface area contributed by atoms with Crippen molar-refractivity contribution in [3.8, 4) is 6.07 Å². The zero-order valence-electron chi connectivity index (χ0n) is 18.2. The van der Waals surface area contributed by atoms with Crippen LogP contribution in [0.4, 0.5) is 10.1 Å². The third-order valence-electron chi connectivity index (χ3n) is 4.69. The van der Waals surface area contributed by atoms with E-state index >= 15 is 0 Å². The Bertz CT molecular complexity index is 804. The van der Waals surface area contributed by atoms with Gasteiger partial charge in [-0.25, -0.2) is 9.37 Å². The quantitative estimate of drug-likeness (QED) is 0.583. The zero-order chi connectivity index (χ0) is 23.2. The molecule has 0 saturated carbocycles. The Kier molecular flexibility index (Phi) is 12.4. The third-order valence-corrected chi connectivity index (χ3v) is 5.53. The number of hydrogen-bond acceptors (Lipinski definition) is 7. The van der Waals surface area contributed by atoms with Crippen LogP contribution in [0, 0.1) is 23.1 Å². The number of carbonyl (C=O) groups is 1. The van der Waals surface area contributed by atoms with Crippen molar-refractivity contribution in [2.24, 2.45) is 5.92 Å². The molecule has 9 heteroatoms. The highest BCUT2D eigenvalue weighted by Gasteiger charge is 2.21. The SMILES string of the molecule is CC.C[C@H](O)[C@@H](O)c1nccs1.N#Cc1cc(F)ccc1N1CCC(CNC=O)CC1. The fraction of sp³-hybridized carbons (Fsp3) is 0.500. The lowest BCUT2D eigenvalue weighted by Crippen LogP contribution is -2.37. The number of hydrogen-bond donors (Lipinski definition) is 3. The van der Waals surface area contributed by atoms with Gasteiger partial charge in [-0.2, -0.15) is 5.26 Å². The number of rotatable bonds is 6. The monoisotopic (exact) mass is 450 g/mol. The first-order valence-corrected chi connectivity index (χ1v) is 11.2. The minimum atomic E-state index is -0.833. The molecule has 170 valence electrons. The van der Waals surface area contributed by atoms with Crippen molar-refractivity contribution in [1.82, 2.24) is 10.3 Å². The molecule has 3 rings (SSSR count). The van der Waals surface area contributed by atoms with Crippen molar-refractivity contribution in [2.75, 3.05) is 24.5 Å². The number of benzene rings is 1. The average Bonchev–Trinajstić information content (AvgIpc) is 3.34. The van der Waals surface area contributed by atoms with Gasteiger partial charge >= 0.3 is 0 Å². The summed E-state index contributed by atoms with van der Waals surface area (Å²) < 4.78 is 13.1. The number of amides is 1. The molecule has 1 saturated heterocycles. The van der Waals surface area contributed by atoms with Crippen LogP contribution < -0.4 is 10.2 Å². The molecule has 2 atom stereocenters. The van der Waals surface area contributed by atoms with Crippen molar-refractivity contribution in [3.63, 3.8) is 0 Å². The Morgan fingerprint density at radius 1 is 1.39 bits per heavy atom. The van der Waals surface area contributed by atoms with Crippen molar-refractivity contribution in [3.05, 3.63) is 46.2 Å². The molecule has 1 fully saturated rings. The smallest absolute Gasteiger partial charge is 0.207 e. The van der Waals surface area contributed by atoms with E-state index in [0.29, 0.717) is 23.0 Å². The van der Waals surface area contributed by atoms with Crippen molar-refractivity contribution >= 4 is 23.4 Å². The summed E-state index contributed by atoms with van der Waals surface area (Å²) in [7, 11) is 0. The summed E-state index contributed by atoms with van der Waals surface area (Å²) >= 11 is 1.34. The second kappa shape index (κ2) is 14.5. The van der Waals surface area contributed by atoms with Crippen molar-refractivity contribution < 1.29 is 19.4 Å². The van der Waals surface area contributed by atoms with Gasteiger partial charge in [-0.3, -0.25) is 4.79 Å². The number of aliphatic hydroxyl groups is 2. The van der Waals surface area contributed by atoms with Crippen LogP contribution in [-0.4, -0.2) is 47.3 Å². The van der Waals surface area contributed by atoms with Crippen LogP contribution in [0.1, 0.15) is 50.3 Å². The fourth-order valence-electron chi connectivity index (χ4n) is 3.05. The largest absolute Gasteiger partial charge is 0.390 e. The van der Waals surface area contributed by atoms with E-state index in [9.17, 15) is 14.3 Å². The van der Waals surface area contributed by atoms with Crippen LogP contribution in [0.25, 0.3) is 0 Å². The standard InChI is InChI=1S/C14H16FN3O.C6H9NO2S.C2H6/c15-13-1-2-14(12(7-13)8-16)18-5-3-11(4-6-18)9-17-10-19;1-4(8)5(9)6-7-2-3-10-6;1-2/h1-2,7,10-11H,3-6,9H2,(H,17,19);2-5,8-9H,1H3;1-2H3/t;4-,5+;/m.0./s1. The Balaban J connectivity index is 0.000000337. The highest BCUT2D eigenvalue weighted by molar-refractivity contribution is 7.09. The summed E-state index contributed by atoms with van der Waals surface area (Å²) in [4.78, 5) is 16.2. The van der Waals surface area contributed by atoms with Crippen LogP contribution in [-0.2, 0) is 4.79 Å². The number of thiazole rings is 1. The molecule has 1 aromatic carbocycles. The zero-order valence-corrected chi connectivity index (χ0v) is 19.0. The first kappa shape index (κ1) is 26.5. The highest BCUT2D eigenvalue weighted by Crippen LogP contribution is 2.26. The maximum atomic E-state index is 13.1. The van der Waals surface area contributed by atoms with Gasteiger partial charge in [-0.15, -0.1) is 11.3 Å². The number of nitrogens with zero attached hydrogens (tertiary/aromatic N) is 3. The third kappa shape index (κ3) is 8.61. The average molecular weight is 451 g/mol. The Morgan fingerprint density at radius 2 is 2.06 bits per heavy atom. The van der Waals surface area contributed by atoms with E-state index in [2.05, 4.69) is 15.2 Å². The molecule has 7 nitrogen and oxygen atoms in total. The van der Waals surface area contributed by atoms with Crippen LogP contribution in [0.5, 0.6) is 0 Å². The molecule has 31 heavy (non-hydrogen) atoms. The lowest BCUT2D eigenvalue weighted by molar-refractivity contribution is -0.109. The summed E-state index contributed by atoms with van der Waals surface area (Å²) in [6.07, 6.45) is 2.67. The number of anilines is 1. The van der Waals surface area contributed by atoms with E-state index < -0.39 is 12.2 Å². The maximum Gasteiger partial charge on any atom is 0.207 e. The number of carbonyl (C=O) groups excluding carboxylic acids is 1. The fourth-order valence-corrected chi connectivity index (χ4v) is 3.77. The van der Waals surface area contributed by atoms with Crippen LogP contribution in [0.3, 0.4) is 0 Å². The maximum absolute atomic E-state index is 13.1. The number of halogens is 1. The molecule has 1 aromatic heterocycles. The van der Waals surface area contributed by atoms with E-state index in [1.807, 2.05) is 19.9 Å². The number of nitriles is 1. The molecule has 2 heterocycles. The first-order valence-electron chi connectivity index (χ1n) is 10.3. The summed E-state index contributed by atoms with van der Waals surface area (Å²) in [5.41, 5.74) is 1.18. The molecule has 0 spiro atoms. The van der Waals surface area contributed by atoms with Gasteiger partial charge in [0.25, 0.3) is 0 Å². The van der Waals surface area contributed by atoms with E-state index in [0.717, 1.165) is 38.0 Å². The van der Waals surface area contributed by atoms with E-state index in [1.54, 1.807) is 17.6 Å². The second-order valence-electron chi connectivity index (χ2n) is 6.79. The van der Waals surface area contributed by atoms with Crippen LogP contribution >= 0.6 is 11.3 Å². The Morgan fingerprint density at radius 3 is 2.58 bits per heavy atom. The van der Waals surface area contributed by atoms with Crippen LogP contribution in [0.15, 0.2) is 29.8 Å². The molecule has 1 amide bonds. The topological polar surface area (TPSA) is 109 Å². The molecular formula is C22H31FN4O3S. The van der Waals surface area contributed by atoms with Crippen molar-refractivity contribution in [2.45, 2.75) is 45.8 Å². The van der Waals surface area contributed by atoms with Gasteiger partial charge in [0.15, 0.2) is 0 Å². The highest BCUT2D eigenvalue weighted by atomic mass is 32.1. The minimum Gasteiger partial charge on any atom is -0.390 e. The Hall–Kier alpha value is -2.54. The van der Waals surface area contributed by atoms with Crippen LogP contribution in [0.2, 0.25) is 0 Å². The molecule has 0 bridgehead atoms. The van der Waals surface area contributed by atoms with E-state index in [-0.39, 0.29) is 5.82 Å². The molecule has 0 aliphatic carbocycles. The summed E-state index contributed by atoms with van der Waals surface area (Å²) in [6, 6.07) is 6.36. The molecule has 1 aliphatic rings. The van der Waals surface area contributed by atoms with Gasteiger partial charge in [0, 0.05) is 31.2 Å². The van der Waals surface area contributed by atoms with Gasteiger partial charge in [0.2, 0.25) is 6.41 Å². The van der Waals surface area contributed by atoms with Gasteiger partial charge in [-0.05, 0) is 43.9 Å². The molecule has 3 N–H and O–H groups in total. The molecular weight excluding hydrogens is 419 g/mol. The molecule has 0 radical (unpaired) electrons. The second-order valence-corrected chi connectivity index (χ2v) is 7.71. The van der Waals surface area contributed by atoms with Gasteiger partial charge < -0.3 is 20.4 Å². The lowest BCUT2D eigenvalue weighted by Gasteiger charge is -2.34. The van der Waals surface area contributed by atoms with E-state index in [1.165, 1.54) is 30.4 Å². The number of aromatic nitrogens is 1. The Labute approximate surface area is 187 Å². The predicted octanol–water partition coefficient (Wildman–Crippen LogP) is 3.24. The minimum absolute atomic E-state index is 0.379. The first-order chi connectivity index (χ1) is 15.0. The number of nitrogens with one attached hydrogen (secondary N) is 1. The lowest BCUT2D eigenvalue weighted by atomic mass is 9.96. The molecule has 1 aliphatic heterocycles. The molecule has 0 unspecified atom stereocenters.